The first-order chi connectivity index (χ1) is 11.9. The average molecular weight is 360 g/mol. The standard InChI is InChI=1S/C17H22ClN7/c1-10-4-5-12(6-14(10)18)8-20-15-13-9-22-25(3)16(13)24-17(23-15)21-7-11(2)19/h4-6,9,11H,7-8,19H2,1-3H3,(H2,20,21,23,24). The van der Waals surface area contributed by atoms with Crippen LogP contribution in [0, 0.1) is 6.92 Å². The number of halogens is 1. The molecule has 1 atom stereocenters. The maximum atomic E-state index is 6.20. The van der Waals surface area contributed by atoms with Gasteiger partial charge in [-0.25, -0.2) is 0 Å². The largest absolute Gasteiger partial charge is 0.365 e. The lowest BCUT2D eigenvalue weighted by atomic mass is 10.1. The summed E-state index contributed by atoms with van der Waals surface area (Å²) in [4.78, 5) is 9.08. The molecule has 4 N–H and O–H groups in total. The molecule has 0 saturated carbocycles. The van der Waals surface area contributed by atoms with Crippen molar-refractivity contribution in [1.82, 2.24) is 19.7 Å². The molecule has 2 aromatic heterocycles. The van der Waals surface area contributed by atoms with Gasteiger partial charge < -0.3 is 16.4 Å². The van der Waals surface area contributed by atoms with E-state index >= 15 is 0 Å². The molecule has 0 aliphatic carbocycles. The van der Waals surface area contributed by atoms with Crippen molar-refractivity contribution in [1.29, 1.82) is 0 Å². The van der Waals surface area contributed by atoms with Crippen molar-refractivity contribution >= 4 is 34.4 Å². The zero-order chi connectivity index (χ0) is 18.0. The first-order valence-corrected chi connectivity index (χ1v) is 8.50. The molecule has 0 spiro atoms. The van der Waals surface area contributed by atoms with Crippen molar-refractivity contribution < 1.29 is 0 Å². The molecule has 1 aromatic carbocycles. The summed E-state index contributed by atoms with van der Waals surface area (Å²) in [5.74, 6) is 1.25. The predicted molar refractivity (Wildman–Crippen MR) is 102 cm³/mol. The van der Waals surface area contributed by atoms with E-state index in [4.69, 9.17) is 17.3 Å². The summed E-state index contributed by atoms with van der Waals surface area (Å²) in [6.45, 7) is 5.11. The molecule has 25 heavy (non-hydrogen) atoms. The van der Waals surface area contributed by atoms with Crippen LogP contribution in [0.25, 0.3) is 11.0 Å². The highest BCUT2D eigenvalue weighted by Crippen LogP contribution is 2.23. The predicted octanol–water partition coefficient (Wildman–Crippen LogP) is 2.70. The highest BCUT2D eigenvalue weighted by atomic mass is 35.5. The summed E-state index contributed by atoms with van der Waals surface area (Å²) >= 11 is 6.20. The van der Waals surface area contributed by atoms with Gasteiger partial charge in [-0.1, -0.05) is 23.7 Å². The molecular formula is C17H22ClN7. The molecule has 0 aliphatic heterocycles. The van der Waals surface area contributed by atoms with Gasteiger partial charge in [-0.15, -0.1) is 0 Å². The van der Waals surface area contributed by atoms with Gasteiger partial charge in [-0.2, -0.15) is 15.1 Å². The molecule has 0 fully saturated rings. The van der Waals surface area contributed by atoms with E-state index in [1.165, 1.54) is 0 Å². The highest BCUT2D eigenvalue weighted by Gasteiger charge is 2.12. The molecule has 0 aliphatic rings. The van der Waals surface area contributed by atoms with Crippen molar-refractivity contribution in [3.8, 4) is 0 Å². The average Bonchev–Trinajstić information content (AvgIpc) is 2.95. The summed E-state index contributed by atoms with van der Waals surface area (Å²) in [6, 6.07) is 6.03. The molecule has 132 valence electrons. The number of nitrogens with one attached hydrogen (secondary N) is 2. The smallest absolute Gasteiger partial charge is 0.226 e. The molecule has 3 aromatic rings. The topological polar surface area (TPSA) is 93.7 Å². The summed E-state index contributed by atoms with van der Waals surface area (Å²) in [5, 5.41) is 12.4. The van der Waals surface area contributed by atoms with Crippen molar-refractivity contribution in [2.45, 2.75) is 26.4 Å². The third-order valence-electron chi connectivity index (χ3n) is 3.87. The summed E-state index contributed by atoms with van der Waals surface area (Å²) in [5.41, 5.74) is 8.69. The van der Waals surface area contributed by atoms with E-state index < -0.39 is 0 Å². The molecule has 0 saturated heterocycles. The number of fused-ring (bicyclic) bond motifs is 1. The summed E-state index contributed by atoms with van der Waals surface area (Å²) in [7, 11) is 1.86. The van der Waals surface area contributed by atoms with Gasteiger partial charge in [0.15, 0.2) is 5.65 Å². The van der Waals surface area contributed by atoms with Crippen LogP contribution in [0.3, 0.4) is 0 Å². The van der Waals surface area contributed by atoms with Crippen LogP contribution in [0.4, 0.5) is 11.8 Å². The second kappa shape index (κ2) is 7.25. The van der Waals surface area contributed by atoms with E-state index in [1.807, 2.05) is 39.1 Å². The lowest BCUT2D eigenvalue weighted by Gasteiger charge is -2.12. The molecule has 8 heteroatoms. The fourth-order valence-electron chi connectivity index (χ4n) is 2.42. The van der Waals surface area contributed by atoms with Crippen LogP contribution in [0.5, 0.6) is 0 Å². The normalized spacial score (nSPS) is 12.4. The minimum Gasteiger partial charge on any atom is -0.365 e. The number of nitrogens with two attached hydrogens (primary N) is 1. The van der Waals surface area contributed by atoms with Crippen LogP contribution >= 0.6 is 11.6 Å². The van der Waals surface area contributed by atoms with Crippen LogP contribution in [-0.4, -0.2) is 32.3 Å². The first kappa shape index (κ1) is 17.4. The molecule has 7 nitrogen and oxygen atoms in total. The van der Waals surface area contributed by atoms with Gasteiger partial charge >= 0.3 is 0 Å². The number of hydrogen-bond donors (Lipinski definition) is 3. The Balaban J connectivity index is 1.86. The van der Waals surface area contributed by atoms with Crippen LogP contribution in [0.1, 0.15) is 18.1 Å². The third kappa shape index (κ3) is 4.00. The SMILES string of the molecule is Cc1ccc(CNc2nc(NCC(C)N)nc3c2cnn3C)cc1Cl. The number of anilines is 2. The van der Waals surface area contributed by atoms with E-state index in [9.17, 15) is 0 Å². The fraction of sp³-hybridized carbons (Fsp3) is 0.353. The Morgan fingerprint density at radius 3 is 2.80 bits per heavy atom. The monoisotopic (exact) mass is 359 g/mol. The van der Waals surface area contributed by atoms with Gasteiger partial charge in [-0.3, -0.25) is 4.68 Å². The minimum absolute atomic E-state index is 0.0111. The van der Waals surface area contributed by atoms with Crippen molar-refractivity contribution in [3.63, 3.8) is 0 Å². The van der Waals surface area contributed by atoms with Crippen LogP contribution in [0.2, 0.25) is 5.02 Å². The lowest BCUT2D eigenvalue weighted by Crippen LogP contribution is -2.26. The van der Waals surface area contributed by atoms with Gasteiger partial charge in [0.25, 0.3) is 0 Å². The lowest BCUT2D eigenvalue weighted by molar-refractivity contribution is 0.768. The molecule has 0 amide bonds. The van der Waals surface area contributed by atoms with Gasteiger partial charge in [0.1, 0.15) is 5.82 Å². The van der Waals surface area contributed by atoms with Gasteiger partial charge in [0.2, 0.25) is 5.95 Å². The number of hydrogen-bond acceptors (Lipinski definition) is 6. The Morgan fingerprint density at radius 1 is 1.28 bits per heavy atom. The van der Waals surface area contributed by atoms with Gasteiger partial charge in [0, 0.05) is 31.2 Å². The molecule has 3 rings (SSSR count). The van der Waals surface area contributed by atoms with Gasteiger partial charge in [-0.05, 0) is 31.0 Å². The summed E-state index contributed by atoms with van der Waals surface area (Å²) in [6.07, 6.45) is 1.76. The van der Waals surface area contributed by atoms with E-state index in [1.54, 1.807) is 10.9 Å². The first-order valence-electron chi connectivity index (χ1n) is 8.12. The number of rotatable bonds is 6. The Morgan fingerprint density at radius 2 is 2.08 bits per heavy atom. The zero-order valence-corrected chi connectivity index (χ0v) is 15.3. The van der Waals surface area contributed by atoms with Crippen molar-refractivity contribution in [2.24, 2.45) is 12.8 Å². The van der Waals surface area contributed by atoms with Crippen molar-refractivity contribution in [3.05, 3.63) is 40.5 Å². The van der Waals surface area contributed by atoms with Crippen LogP contribution in [-0.2, 0) is 13.6 Å². The van der Waals surface area contributed by atoms with Gasteiger partial charge in [0.05, 0.1) is 11.6 Å². The van der Waals surface area contributed by atoms with E-state index in [0.29, 0.717) is 19.0 Å². The Bertz CT molecular complexity index is 888. The molecule has 0 radical (unpaired) electrons. The minimum atomic E-state index is 0.0111. The van der Waals surface area contributed by atoms with Crippen molar-refractivity contribution in [2.75, 3.05) is 17.2 Å². The number of aromatic nitrogens is 4. The summed E-state index contributed by atoms with van der Waals surface area (Å²) < 4.78 is 1.72. The maximum Gasteiger partial charge on any atom is 0.226 e. The van der Waals surface area contributed by atoms with E-state index in [-0.39, 0.29) is 6.04 Å². The second-order valence-electron chi connectivity index (χ2n) is 6.20. The highest BCUT2D eigenvalue weighted by molar-refractivity contribution is 6.31. The van der Waals surface area contributed by atoms with Crippen LogP contribution < -0.4 is 16.4 Å². The Kier molecular flexibility index (Phi) is 5.06. The zero-order valence-electron chi connectivity index (χ0n) is 14.5. The molecule has 1 unspecified atom stereocenters. The fourth-order valence-corrected chi connectivity index (χ4v) is 2.62. The Hall–Kier alpha value is -2.38. The second-order valence-corrected chi connectivity index (χ2v) is 6.60. The van der Waals surface area contributed by atoms with E-state index in [0.717, 1.165) is 33.0 Å². The molecule has 2 heterocycles. The number of nitrogens with zero attached hydrogens (tertiary/aromatic N) is 4. The van der Waals surface area contributed by atoms with E-state index in [2.05, 4.69) is 25.7 Å². The van der Waals surface area contributed by atoms with Crippen LogP contribution in [0.15, 0.2) is 24.4 Å². The Labute approximate surface area is 151 Å². The third-order valence-corrected chi connectivity index (χ3v) is 4.28. The molecular weight excluding hydrogens is 338 g/mol. The quantitative estimate of drug-likeness (QED) is 0.626. The maximum absolute atomic E-state index is 6.20. The number of benzene rings is 1. The molecule has 0 bridgehead atoms. The number of aryl methyl sites for hydroxylation is 2.